The van der Waals surface area contributed by atoms with Crippen molar-refractivity contribution < 1.29 is 9.47 Å². The Kier molecular flexibility index (Phi) is 2.92. The maximum absolute atomic E-state index is 5.44. The molecule has 0 bridgehead atoms. The van der Waals surface area contributed by atoms with Gasteiger partial charge in [-0.05, 0) is 29.6 Å². The van der Waals surface area contributed by atoms with Crippen LogP contribution in [0.5, 0.6) is 11.5 Å². The lowest BCUT2D eigenvalue weighted by molar-refractivity contribution is 0.174. The van der Waals surface area contributed by atoms with E-state index in [4.69, 9.17) is 14.6 Å². The zero-order valence-electron chi connectivity index (χ0n) is 11.8. The Morgan fingerprint density at radius 3 is 2.96 bits per heavy atom. The highest BCUT2D eigenvalue weighted by molar-refractivity contribution is 7.99. The summed E-state index contributed by atoms with van der Waals surface area (Å²) in [4.78, 5) is 1.17. The van der Waals surface area contributed by atoms with Crippen molar-refractivity contribution in [1.29, 1.82) is 0 Å². The fourth-order valence-corrected chi connectivity index (χ4v) is 4.14. The number of hydrogen-bond acceptors (Lipinski definition) is 7. The van der Waals surface area contributed by atoms with Crippen LogP contribution < -0.4 is 9.47 Å². The van der Waals surface area contributed by atoms with Crippen molar-refractivity contribution in [2.75, 3.05) is 12.5 Å². The second-order valence-corrected chi connectivity index (χ2v) is 6.89. The van der Waals surface area contributed by atoms with Gasteiger partial charge in [0.2, 0.25) is 11.9 Å². The van der Waals surface area contributed by atoms with Crippen molar-refractivity contribution in [3.05, 3.63) is 40.6 Å². The van der Waals surface area contributed by atoms with E-state index in [0.29, 0.717) is 5.82 Å². The molecule has 2 aliphatic rings. The first-order chi connectivity index (χ1) is 11.4. The molecule has 0 N–H and O–H groups in total. The van der Waals surface area contributed by atoms with Gasteiger partial charge in [0.25, 0.3) is 0 Å². The zero-order chi connectivity index (χ0) is 15.2. The molecule has 3 aromatic rings. The van der Waals surface area contributed by atoms with Gasteiger partial charge in [-0.15, -0.1) is 21.5 Å². The van der Waals surface area contributed by atoms with E-state index in [1.807, 2.05) is 24.3 Å². The number of fused-ring (bicyclic) bond motifs is 2. The quantitative estimate of drug-likeness (QED) is 0.716. The minimum Gasteiger partial charge on any atom is -0.454 e. The monoisotopic (exact) mass is 342 g/mol. The second-order valence-electron chi connectivity index (χ2n) is 5.00. The molecule has 0 aliphatic carbocycles. The minimum atomic E-state index is 0.257. The highest BCUT2D eigenvalue weighted by Crippen LogP contribution is 2.36. The van der Waals surface area contributed by atoms with E-state index in [-0.39, 0.29) is 6.79 Å². The maximum Gasteiger partial charge on any atom is 0.231 e. The van der Waals surface area contributed by atoms with Crippen molar-refractivity contribution >= 4 is 28.8 Å². The van der Waals surface area contributed by atoms with Crippen LogP contribution in [0.4, 0.5) is 0 Å². The van der Waals surface area contributed by atoms with Crippen LogP contribution in [0, 0.1) is 0 Å². The fraction of sp³-hybridized carbons (Fsp3) is 0.133. The molecule has 0 saturated carbocycles. The molecule has 0 unspecified atom stereocenters. The van der Waals surface area contributed by atoms with Gasteiger partial charge in [-0.1, -0.05) is 17.8 Å². The number of rotatable bonds is 2. The summed E-state index contributed by atoms with van der Waals surface area (Å²) < 4.78 is 12.6. The molecule has 8 heteroatoms. The van der Waals surface area contributed by atoms with Crippen LogP contribution in [-0.4, -0.2) is 33.1 Å². The Balaban J connectivity index is 1.61. The molecule has 114 valence electrons. The molecule has 4 heterocycles. The topological polar surface area (TPSA) is 61.5 Å². The largest absolute Gasteiger partial charge is 0.454 e. The Hall–Kier alpha value is -2.32. The summed E-state index contributed by atoms with van der Waals surface area (Å²) in [7, 11) is 0. The number of thiophene rings is 1. The summed E-state index contributed by atoms with van der Waals surface area (Å²) >= 11 is 3.34. The van der Waals surface area contributed by atoms with E-state index < -0.39 is 0 Å². The van der Waals surface area contributed by atoms with Gasteiger partial charge in [-0.3, -0.25) is 0 Å². The molecule has 23 heavy (non-hydrogen) atoms. The van der Waals surface area contributed by atoms with Gasteiger partial charge in [0.15, 0.2) is 17.3 Å². The van der Waals surface area contributed by atoms with Crippen molar-refractivity contribution in [3.8, 4) is 22.9 Å². The normalized spacial score (nSPS) is 15.4. The average molecular weight is 342 g/mol. The van der Waals surface area contributed by atoms with Crippen LogP contribution in [-0.2, 0) is 0 Å². The van der Waals surface area contributed by atoms with Crippen LogP contribution in [0.15, 0.2) is 46.0 Å². The van der Waals surface area contributed by atoms with Gasteiger partial charge in [-0.25, -0.2) is 0 Å². The highest BCUT2D eigenvalue weighted by atomic mass is 32.2. The SMILES string of the molecule is c1csc(C2=Nn3c(nnc3-c3ccc4c(c3)OCO4)SC2)c1. The number of ether oxygens (including phenoxy) is 2. The second kappa shape index (κ2) is 5.10. The van der Waals surface area contributed by atoms with Crippen molar-refractivity contribution in [3.63, 3.8) is 0 Å². The van der Waals surface area contributed by atoms with Crippen molar-refractivity contribution in [2.24, 2.45) is 5.10 Å². The molecule has 2 aromatic heterocycles. The van der Waals surface area contributed by atoms with E-state index in [1.54, 1.807) is 27.8 Å². The van der Waals surface area contributed by atoms with E-state index in [2.05, 4.69) is 21.6 Å². The summed E-state index contributed by atoms with van der Waals surface area (Å²) in [5, 5.41) is 16.1. The lowest BCUT2D eigenvalue weighted by Crippen LogP contribution is -2.12. The minimum absolute atomic E-state index is 0.257. The molecule has 0 amide bonds. The molecule has 0 saturated heterocycles. The number of nitrogens with zero attached hydrogens (tertiary/aromatic N) is 4. The lowest BCUT2D eigenvalue weighted by atomic mass is 10.2. The molecule has 0 atom stereocenters. The van der Waals surface area contributed by atoms with Crippen LogP contribution in [0.2, 0.25) is 0 Å². The fourth-order valence-electron chi connectivity index (χ4n) is 2.51. The summed E-state index contributed by atoms with van der Waals surface area (Å²) in [6.07, 6.45) is 0. The summed E-state index contributed by atoms with van der Waals surface area (Å²) in [5.74, 6) is 2.99. The van der Waals surface area contributed by atoms with Gasteiger partial charge < -0.3 is 9.47 Å². The predicted molar refractivity (Wildman–Crippen MR) is 88.6 cm³/mol. The third-order valence-corrected chi connectivity index (χ3v) is 5.46. The number of aromatic nitrogens is 3. The highest BCUT2D eigenvalue weighted by Gasteiger charge is 2.22. The van der Waals surface area contributed by atoms with E-state index in [0.717, 1.165) is 33.7 Å². The molecular weight excluding hydrogens is 332 g/mol. The van der Waals surface area contributed by atoms with Gasteiger partial charge >= 0.3 is 0 Å². The summed E-state index contributed by atoms with van der Waals surface area (Å²) in [6, 6.07) is 9.87. The average Bonchev–Trinajstić information content (AvgIpc) is 3.32. The van der Waals surface area contributed by atoms with Crippen LogP contribution in [0.1, 0.15) is 4.88 Å². The lowest BCUT2D eigenvalue weighted by Gasteiger charge is -2.12. The standard InChI is InChI=1S/C15H10N4O2S2/c1-2-13(22-5-1)10-7-23-15-17-16-14(19(15)18-10)9-3-4-11-12(6-9)21-8-20-11/h1-6H,7-8H2. The van der Waals surface area contributed by atoms with Crippen molar-refractivity contribution in [2.45, 2.75) is 5.16 Å². The smallest absolute Gasteiger partial charge is 0.231 e. The van der Waals surface area contributed by atoms with Gasteiger partial charge in [-0.2, -0.15) is 9.78 Å². The summed E-state index contributed by atoms with van der Waals surface area (Å²) in [5.41, 5.74) is 1.95. The molecular formula is C15H10N4O2S2. The Labute approximate surface area is 139 Å². The number of benzene rings is 1. The predicted octanol–water partition coefficient (Wildman–Crippen LogP) is 3.09. The molecule has 2 aliphatic heterocycles. The van der Waals surface area contributed by atoms with E-state index in [1.165, 1.54) is 4.88 Å². The zero-order valence-corrected chi connectivity index (χ0v) is 13.4. The Morgan fingerprint density at radius 2 is 2.04 bits per heavy atom. The molecule has 6 nitrogen and oxygen atoms in total. The third-order valence-electron chi connectivity index (χ3n) is 3.61. The summed E-state index contributed by atoms with van der Waals surface area (Å²) in [6.45, 7) is 0.257. The molecule has 0 fully saturated rings. The van der Waals surface area contributed by atoms with Crippen LogP contribution in [0.3, 0.4) is 0 Å². The third kappa shape index (κ3) is 2.13. The van der Waals surface area contributed by atoms with Gasteiger partial charge in [0.05, 0.1) is 10.6 Å². The molecule has 1 aromatic carbocycles. The molecule has 5 rings (SSSR count). The van der Waals surface area contributed by atoms with E-state index >= 15 is 0 Å². The first-order valence-electron chi connectivity index (χ1n) is 6.98. The Bertz CT molecular complexity index is 918. The van der Waals surface area contributed by atoms with Crippen molar-refractivity contribution in [1.82, 2.24) is 14.9 Å². The van der Waals surface area contributed by atoms with Gasteiger partial charge in [0.1, 0.15) is 0 Å². The van der Waals surface area contributed by atoms with E-state index in [9.17, 15) is 0 Å². The van der Waals surface area contributed by atoms with Gasteiger partial charge in [0, 0.05) is 11.3 Å². The van der Waals surface area contributed by atoms with Crippen LogP contribution in [0.25, 0.3) is 11.4 Å². The number of hydrogen-bond donors (Lipinski definition) is 0. The first-order valence-corrected chi connectivity index (χ1v) is 8.85. The molecule has 0 spiro atoms. The maximum atomic E-state index is 5.44. The number of thioether (sulfide) groups is 1. The van der Waals surface area contributed by atoms with Crippen LogP contribution >= 0.6 is 23.1 Å². The molecule has 0 radical (unpaired) electrons. The Morgan fingerprint density at radius 1 is 1.09 bits per heavy atom. The first kappa shape index (κ1) is 13.1.